The van der Waals surface area contributed by atoms with Crippen LogP contribution in [-0.2, 0) is 4.79 Å². The van der Waals surface area contributed by atoms with Gasteiger partial charge in [0, 0.05) is 9.49 Å². The van der Waals surface area contributed by atoms with Crippen molar-refractivity contribution in [2.24, 2.45) is 5.92 Å². The molecule has 1 fully saturated rings. The van der Waals surface area contributed by atoms with Gasteiger partial charge in [-0.2, -0.15) is 0 Å². The fraction of sp³-hybridized carbons (Fsp3) is 0.417. The third kappa shape index (κ3) is 2.51. The lowest BCUT2D eigenvalue weighted by Crippen LogP contribution is -2.28. The van der Waals surface area contributed by atoms with Crippen LogP contribution in [0.1, 0.15) is 24.8 Å². The molecule has 0 saturated heterocycles. The number of carbonyl (C=O) groups is 1. The van der Waals surface area contributed by atoms with Gasteiger partial charge in [-0.05, 0) is 60.1 Å². The summed E-state index contributed by atoms with van der Waals surface area (Å²) in [6.45, 7) is 2.06. The lowest BCUT2D eigenvalue weighted by molar-refractivity contribution is -0.122. The molecule has 80 valence electrons. The maximum atomic E-state index is 11.7. The van der Waals surface area contributed by atoms with Crippen molar-refractivity contribution >= 4 is 34.2 Å². The predicted molar refractivity (Wildman–Crippen MR) is 69.9 cm³/mol. The third-order valence-electron chi connectivity index (χ3n) is 2.86. The standard InChI is InChI=1S/C12H14INO/c1-8-5-6-11(10(13)7-8)14-12(15)9-3-2-4-9/h5-7,9H,2-4H2,1H3,(H,14,15). The fourth-order valence-corrected chi connectivity index (χ4v) is 2.43. The molecule has 2 rings (SSSR count). The van der Waals surface area contributed by atoms with Crippen LogP contribution < -0.4 is 5.32 Å². The molecule has 0 aromatic heterocycles. The Bertz CT molecular complexity index is 385. The van der Waals surface area contributed by atoms with Crippen LogP contribution in [0.15, 0.2) is 18.2 Å². The van der Waals surface area contributed by atoms with Gasteiger partial charge in [-0.25, -0.2) is 0 Å². The highest BCUT2D eigenvalue weighted by molar-refractivity contribution is 14.1. The van der Waals surface area contributed by atoms with Crippen LogP contribution in [0.4, 0.5) is 5.69 Å². The Morgan fingerprint density at radius 2 is 2.20 bits per heavy atom. The lowest BCUT2D eigenvalue weighted by Gasteiger charge is -2.24. The van der Waals surface area contributed by atoms with Crippen molar-refractivity contribution < 1.29 is 4.79 Å². The van der Waals surface area contributed by atoms with Crippen molar-refractivity contribution in [2.45, 2.75) is 26.2 Å². The van der Waals surface area contributed by atoms with Crippen LogP contribution >= 0.6 is 22.6 Å². The Morgan fingerprint density at radius 1 is 1.47 bits per heavy atom. The van der Waals surface area contributed by atoms with E-state index < -0.39 is 0 Å². The Balaban J connectivity index is 2.06. The van der Waals surface area contributed by atoms with E-state index in [1.807, 2.05) is 12.1 Å². The van der Waals surface area contributed by atoms with Gasteiger partial charge < -0.3 is 5.32 Å². The van der Waals surface area contributed by atoms with Crippen molar-refractivity contribution in [1.29, 1.82) is 0 Å². The van der Waals surface area contributed by atoms with Gasteiger partial charge in [0.05, 0.1) is 5.69 Å². The quantitative estimate of drug-likeness (QED) is 0.833. The van der Waals surface area contributed by atoms with E-state index in [4.69, 9.17) is 0 Å². The van der Waals surface area contributed by atoms with Gasteiger partial charge in [0.2, 0.25) is 5.91 Å². The molecule has 0 bridgehead atoms. The molecular formula is C12H14INO. The monoisotopic (exact) mass is 315 g/mol. The molecule has 0 spiro atoms. The molecule has 2 nitrogen and oxygen atoms in total. The summed E-state index contributed by atoms with van der Waals surface area (Å²) >= 11 is 2.26. The molecule has 3 heteroatoms. The first kappa shape index (κ1) is 10.9. The third-order valence-corrected chi connectivity index (χ3v) is 3.75. The van der Waals surface area contributed by atoms with Gasteiger partial charge in [0.15, 0.2) is 0 Å². The minimum Gasteiger partial charge on any atom is -0.325 e. The molecule has 1 aliphatic rings. The molecule has 0 radical (unpaired) electrons. The average Bonchev–Trinajstić information content (AvgIpc) is 2.07. The number of nitrogens with one attached hydrogen (secondary N) is 1. The molecule has 0 atom stereocenters. The van der Waals surface area contributed by atoms with Crippen molar-refractivity contribution in [3.05, 3.63) is 27.3 Å². The zero-order chi connectivity index (χ0) is 10.8. The molecule has 15 heavy (non-hydrogen) atoms. The van der Waals surface area contributed by atoms with E-state index >= 15 is 0 Å². The fourth-order valence-electron chi connectivity index (χ4n) is 1.63. The number of benzene rings is 1. The van der Waals surface area contributed by atoms with Gasteiger partial charge in [-0.3, -0.25) is 4.79 Å². The summed E-state index contributed by atoms with van der Waals surface area (Å²) in [5, 5.41) is 2.99. The number of aryl methyl sites for hydroxylation is 1. The summed E-state index contributed by atoms with van der Waals surface area (Å²) in [7, 11) is 0. The average molecular weight is 315 g/mol. The Morgan fingerprint density at radius 3 is 2.73 bits per heavy atom. The number of rotatable bonds is 2. The first-order chi connectivity index (χ1) is 7.16. The first-order valence-corrected chi connectivity index (χ1v) is 6.32. The van der Waals surface area contributed by atoms with Crippen molar-refractivity contribution in [3.8, 4) is 0 Å². The molecule has 1 aromatic carbocycles. The Kier molecular flexibility index (Phi) is 3.29. The number of hydrogen-bond acceptors (Lipinski definition) is 1. The van der Waals surface area contributed by atoms with Gasteiger partial charge in [0.25, 0.3) is 0 Å². The van der Waals surface area contributed by atoms with Gasteiger partial charge in [-0.15, -0.1) is 0 Å². The van der Waals surface area contributed by atoms with E-state index in [1.165, 1.54) is 12.0 Å². The van der Waals surface area contributed by atoms with E-state index in [2.05, 4.69) is 40.9 Å². The molecule has 1 N–H and O–H groups in total. The van der Waals surface area contributed by atoms with Crippen LogP contribution in [0.2, 0.25) is 0 Å². The largest absolute Gasteiger partial charge is 0.325 e. The normalized spacial score (nSPS) is 15.9. The molecule has 1 aliphatic carbocycles. The zero-order valence-corrected chi connectivity index (χ0v) is 10.9. The second kappa shape index (κ2) is 4.51. The number of hydrogen-bond donors (Lipinski definition) is 1. The maximum absolute atomic E-state index is 11.7. The van der Waals surface area contributed by atoms with Crippen molar-refractivity contribution in [1.82, 2.24) is 0 Å². The summed E-state index contributed by atoms with van der Waals surface area (Å²) in [5.41, 5.74) is 2.17. The summed E-state index contributed by atoms with van der Waals surface area (Å²) in [5.74, 6) is 0.435. The summed E-state index contributed by atoms with van der Waals surface area (Å²) < 4.78 is 1.11. The topological polar surface area (TPSA) is 29.1 Å². The molecule has 1 aromatic rings. The highest BCUT2D eigenvalue weighted by Crippen LogP contribution is 2.28. The Labute approximate surface area is 104 Å². The SMILES string of the molecule is Cc1ccc(NC(=O)C2CCC2)c(I)c1. The van der Waals surface area contributed by atoms with Crippen LogP contribution in [0.3, 0.4) is 0 Å². The smallest absolute Gasteiger partial charge is 0.227 e. The molecule has 1 amide bonds. The highest BCUT2D eigenvalue weighted by Gasteiger charge is 2.25. The second-order valence-electron chi connectivity index (χ2n) is 4.10. The molecular weight excluding hydrogens is 301 g/mol. The van der Waals surface area contributed by atoms with Crippen LogP contribution in [0, 0.1) is 16.4 Å². The molecule has 0 unspecified atom stereocenters. The molecule has 0 heterocycles. The van der Waals surface area contributed by atoms with Crippen LogP contribution in [-0.4, -0.2) is 5.91 Å². The van der Waals surface area contributed by atoms with Crippen molar-refractivity contribution in [2.75, 3.05) is 5.32 Å². The van der Waals surface area contributed by atoms with Gasteiger partial charge in [0.1, 0.15) is 0 Å². The van der Waals surface area contributed by atoms with E-state index in [1.54, 1.807) is 0 Å². The van der Waals surface area contributed by atoms with E-state index in [-0.39, 0.29) is 11.8 Å². The van der Waals surface area contributed by atoms with Gasteiger partial charge >= 0.3 is 0 Å². The van der Waals surface area contributed by atoms with E-state index in [0.29, 0.717) is 0 Å². The highest BCUT2D eigenvalue weighted by atomic mass is 127. The summed E-state index contributed by atoms with van der Waals surface area (Å²) in [6.07, 6.45) is 3.30. The van der Waals surface area contributed by atoms with E-state index in [9.17, 15) is 4.79 Å². The van der Waals surface area contributed by atoms with Crippen LogP contribution in [0.5, 0.6) is 0 Å². The number of halogens is 1. The number of amides is 1. The lowest BCUT2D eigenvalue weighted by atomic mass is 9.85. The second-order valence-corrected chi connectivity index (χ2v) is 5.26. The Hall–Kier alpha value is -0.580. The minimum absolute atomic E-state index is 0.183. The summed E-state index contributed by atoms with van der Waals surface area (Å²) in [6, 6.07) is 6.09. The molecule has 0 aliphatic heterocycles. The minimum atomic E-state index is 0.183. The summed E-state index contributed by atoms with van der Waals surface area (Å²) in [4.78, 5) is 11.7. The predicted octanol–water partition coefficient (Wildman–Crippen LogP) is 3.34. The molecule has 1 saturated carbocycles. The number of carbonyl (C=O) groups excluding carboxylic acids is 1. The zero-order valence-electron chi connectivity index (χ0n) is 8.72. The number of anilines is 1. The van der Waals surface area contributed by atoms with E-state index in [0.717, 1.165) is 22.1 Å². The van der Waals surface area contributed by atoms with Gasteiger partial charge in [-0.1, -0.05) is 12.5 Å². The van der Waals surface area contributed by atoms with Crippen molar-refractivity contribution in [3.63, 3.8) is 0 Å². The van der Waals surface area contributed by atoms with Crippen LogP contribution in [0.25, 0.3) is 0 Å². The first-order valence-electron chi connectivity index (χ1n) is 5.24. The maximum Gasteiger partial charge on any atom is 0.227 e.